The van der Waals surface area contributed by atoms with E-state index in [4.69, 9.17) is 28.4 Å². The number of benzene rings is 5. The van der Waals surface area contributed by atoms with E-state index >= 15 is 0 Å². The Morgan fingerprint density at radius 2 is 0.963 bits per heavy atom. The first-order valence-electron chi connectivity index (χ1n) is 17.7. The van der Waals surface area contributed by atoms with Crippen molar-refractivity contribution in [2.24, 2.45) is 0 Å². The predicted octanol–water partition coefficient (Wildman–Crippen LogP) is 8.91. The SMILES string of the molecule is C=CC(=O)OCCCCCCOc1ccc2cc(C(=O)Oc3ccc(OC(=O)c4ccc5cc(OCCCOC(=O)C=C)ccc5c4)c(C)c3)ccc2c1. The number of carbonyl (C=O) groups excluding carboxylic acids is 4. The highest BCUT2D eigenvalue weighted by Crippen LogP contribution is 2.28. The van der Waals surface area contributed by atoms with Gasteiger partial charge in [-0.15, -0.1) is 0 Å². The minimum atomic E-state index is -0.524. The molecule has 0 atom stereocenters. The van der Waals surface area contributed by atoms with Crippen LogP contribution in [-0.2, 0) is 19.1 Å². The third kappa shape index (κ3) is 11.3. The zero-order valence-corrected chi connectivity index (χ0v) is 30.2. The van der Waals surface area contributed by atoms with Crippen molar-refractivity contribution in [3.63, 3.8) is 0 Å². The molecule has 0 saturated heterocycles. The second-order valence-corrected chi connectivity index (χ2v) is 12.4. The number of carbonyl (C=O) groups is 4. The Hall–Kier alpha value is -6.42. The Bertz CT molecular complexity index is 2150. The molecule has 0 amide bonds. The van der Waals surface area contributed by atoms with E-state index in [1.165, 1.54) is 0 Å². The summed E-state index contributed by atoms with van der Waals surface area (Å²) >= 11 is 0. The number of hydrogen-bond acceptors (Lipinski definition) is 10. The third-order valence-electron chi connectivity index (χ3n) is 8.34. The summed E-state index contributed by atoms with van der Waals surface area (Å²) in [6.45, 7) is 10.1. The number of unbranched alkanes of at least 4 members (excludes halogenated alkanes) is 3. The fraction of sp³-hybridized carbons (Fsp3) is 0.227. The second kappa shape index (κ2) is 19.4. The van der Waals surface area contributed by atoms with E-state index in [0.29, 0.717) is 60.2 Å². The number of aryl methyl sites for hydroxylation is 1. The fourth-order valence-electron chi connectivity index (χ4n) is 5.47. The average molecular weight is 731 g/mol. The molecule has 54 heavy (non-hydrogen) atoms. The van der Waals surface area contributed by atoms with Gasteiger partial charge in [0, 0.05) is 18.6 Å². The van der Waals surface area contributed by atoms with Crippen LogP contribution in [0.25, 0.3) is 21.5 Å². The quantitative estimate of drug-likeness (QED) is 0.0352. The first kappa shape index (κ1) is 38.8. The molecule has 0 aliphatic heterocycles. The molecule has 0 N–H and O–H groups in total. The largest absolute Gasteiger partial charge is 0.494 e. The molecule has 5 rings (SSSR count). The lowest BCUT2D eigenvalue weighted by atomic mass is 10.1. The van der Waals surface area contributed by atoms with Crippen LogP contribution < -0.4 is 18.9 Å². The molecule has 0 aliphatic carbocycles. The molecule has 0 unspecified atom stereocenters. The summed E-state index contributed by atoms with van der Waals surface area (Å²) < 4.78 is 32.9. The van der Waals surface area contributed by atoms with Crippen LogP contribution in [0.1, 0.15) is 58.4 Å². The summed E-state index contributed by atoms with van der Waals surface area (Å²) in [5.74, 6) is 0.166. The van der Waals surface area contributed by atoms with Crippen LogP contribution in [-0.4, -0.2) is 50.3 Å². The van der Waals surface area contributed by atoms with Crippen molar-refractivity contribution in [1.29, 1.82) is 0 Å². The van der Waals surface area contributed by atoms with Gasteiger partial charge in [-0.2, -0.15) is 0 Å². The number of rotatable bonds is 19. The van der Waals surface area contributed by atoms with Crippen molar-refractivity contribution in [2.45, 2.75) is 39.0 Å². The topological polar surface area (TPSA) is 124 Å². The highest BCUT2D eigenvalue weighted by molar-refractivity contribution is 5.98. The van der Waals surface area contributed by atoms with Crippen molar-refractivity contribution >= 4 is 45.4 Å². The molecule has 0 aromatic heterocycles. The molecule has 10 heteroatoms. The molecule has 0 spiro atoms. The Morgan fingerprint density at radius 3 is 1.52 bits per heavy atom. The van der Waals surface area contributed by atoms with Crippen LogP contribution in [0.3, 0.4) is 0 Å². The van der Waals surface area contributed by atoms with Gasteiger partial charge < -0.3 is 28.4 Å². The smallest absolute Gasteiger partial charge is 0.343 e. The Balaban J connectivity index is 1.09. The minimum absolute atomic E-state index is 0.241. The predicted molar refractivity (Wildman–Crippen MR) is 205 cm³/mol. The molecule has 5 aromatic rings. The zero-order valence-electron chi connectivity index (χ0n) is 30.2. The standard InChI is InChI=1S/C44H42O10/c1-4-41(45)51-22-9-7-6-8-21-49-37-17-15-31-26-35(13-11-33(31)28-37)43(47)53-39-19-20-40(30(3)25-39)54-44(48)36-14-12-34-29-38(18-16-32(34)27-36)50-23-10-24-52-42(46)5-2/h4-5,11-20,25-29H,1-2,6-10,21-24H2,3H3. The average Bonchev–Trinajstić information content (AvgIpc) is 3.18. The molecule has 0 fully saturated rings. The molecule has 5 aromatic carbocycles. The summed E-state index contributed by atoms with van der Waals surface area (Å²) in [6, 6.07) is 26.7. The zero-order chi connectivity index (χ0) is 38.3. The number of fused-ring (bicyclic) bond motifs is 2. The van der Waals surface area contributed by atoms with E-state index in [1.807, 2.05) is 48.5 Å². The molecular weight excluding hydrogens is 688 g/mol. The summed E-state index contributed by atoms with van der Waals surface area (Å²) in [4.78, 5) is 48.3. The van der Waals surface area contributed by atoms with Gasteiger partial charge in [0.2, 0.25) is 0 Å². The molecule has 0 radical (unpaired) electrons. The van der Waals surface area contributed by atoms with E-state index in [2.05, 4.69) is 13.2 Å². The highest BCUT2D eigenvalue weighted by atomic mass is 16.5. The number of ether oxygens (including phenoxy) is 6. The second-order valence-electron chi connectivity index (χ2n) is 12.4. The lowest BCUT2D eigenvalue weighted by Crippen LogP contribution is -2.10. The van der Waals surface area contributed by atoms with Crippen LogP contribution in [0, 0.1) is 6.92 Å². The van der Waals surface area contributed by atoms with Crippen LogP contribution >= 0.6 is 0 Å². The van der Waals surface area contributed by atoms with E-state index < -0.39 is 23.9 Å². The highest BCUT2D eigenvalue weighted by Gasteiger charge is 2.15. The lowest BCUT2D eigenvalue weighted by molar-refractivity contribution is -0.138. The molecule has 0 bridgehead atoms. The molecular formula is C44H42O10. The van der Waals surface area contributed by atoms with Crippen molar-refractivity contribution in [3.05, 3.63) is 133 Å². The van der Waals surface area contributed by atoms with Gasteiger partial charge in [0.15, 0.2) is 0 Å². The minimum Gasteiger partial charge on any atom is -0.494 e. The maximum atomic E-state index is 13.1. The van der Waals surface area contributed by atoms with Crippen LogP contribution in [0.2, 0.25) is 0 Å². The molecule has 0 aliphatic rings. The van der Waals surface area contributed by atoms with Crippen LogP contribution in [0.5, 0.6) is 23.0 Å². The van der Waals surface area contributed by atoms with Gasteiger partial charge in [0.25, 0.3) is 0 Å². The number of hydrogen-bond donors (Lipinski definition) is 0. The van der Waals surface area contributed by atoms with Gasteiger partial charge >= 0.3 is 23.9 Å². The molecule has 0 saturated carbocycles. The third-order valence-corrected chi connectivity index (χ3v) is 8.34. The van der Waals surface area contributed by atoms with E-state index in [0.717, 1.165) is 65.1 Å². The Labute approximate surface area is 313 Å². The first-order valence-corrected chi connectivity index (χ1v) is 17.7. The van der Waals surface area contributed by atoms with E-state index in [-0.39, 0.29) is 6.61 Å². The molecule has 278 valence electrons. The summed E-state index contributed by atoms with van der Waals surface area (Å²) in [7, 11) is 0. The maximum Gasteiger partial charge on any atom is 0.343 e. The van der Waals surface area contributed by atoms with E-state index in [1.54, 1.807) is 49.4 Å². The van der Waals surface area contributed by atoms with Crippen molar-refractivity contribution < 1.29 is 47.6 Å². The number of esters is 4. The van der Waals surface area contributed by atoms with Crippen molar-refractivity contribution in [3.8, 4) is 23.0 Å². The normalized spacial score (nSPS) is 10.7. The lowest BCUT2D eigenvalue weighted by Gasteiger charge is -2.11. The fourth-order valence-corrected chi connectivity index (χ4v) is 5.47. The summed E-state index contributed by atoms with van der Waals surface area (Å²) in [5, 5.41) is 3.52. The van der Waals surface area contributed by atoms with E-state index in [9.17, 15) is 19.2 Å². The van der Waals surface area contributed by atoms with Crippen molar-refractivity contribution in [2.75, 3.05) is 26.4 Å². The molecule has 10 nitrogen and oxygen atoms in total. The summed E-state index contributed by atoms with van der Waals surface area (Å²) in [5.41, 5.74) is 1.39. The summed E-state index contributed by atoms with van der Waals surface area (Å²) in [6.07, 6.45) is 6.41. The maximum absolute atomic E-state index is 13.1. The van der Waals surface area contributed by atoms with Crippen LogP contribution in [0.4, 0.5) is 0 Å². The Morgan fingerprint density at radius 1 is 0.500 bits per heavy atom. The van der Waals surface area contributed by atoms with Gasteiger partial charge in [-0.1, -0.05) is 37.4 Å². The van der Waals surface area contributed by atoms with Gasteiger partial charge in [-0.25, -0.2) is 19.2 Å². The van der Waals surface area contributed by atoms with Gasteiger partial charge in [-0.05, 0) is 126 Å². The van der Waals surface area contributed by atoms with Gasteiger partial charge in [-0.3, -0.25) is 0 Å². The molecule has 0 heterocycles. The van der Waals surface area contributed by atoms with Crippen LogP contribution in [0.15, 0.2) is 116 Å². The monoisotopic (exact) mass is 730 g/mol. The Kier molecular flexibility index (Phi) is 14.0. The first-order chi connectivity index (χ1) is 26.2. The van der Waals surface area contributed by atoms with Gasteiger partial charge in [0.05, 0.1) is 37.6 Å². The van der Waals surface area contributed by atoms with Gasteiger partial charge in [0.1, 0.15) is 23.0 Å². The van der Waals surface area contributed by atoms with Crippen molar-refractivity contribution in [1.82, 2.24) is 0 Å².